The van der Waals surface area contributed by atoms with Crippen molar-refractivity contribution in [1.29, 1.82) is 0 Å². The molecule has 0 saturated carbocycles. The van der Waals surface area contributed by atoms with Crippen molar-refractivity contribution >= 4 is 44.7 Å². The van der Waals surface area contributed by atoms with Crippen LogP contribution < -0.4 is 10.1 Å². The zero-order valence-electron chi connectivity index (χ0n) is 11.1. The zero-order chi connectivity index (χ0) is 15.6. The van der Waals surface area contributed by atoms with E-state index in [1.807, 2.05) is 0 Å². The Morgan fingerprint density at radius 3 is 2.76 bits per heavy atom. The molecule has 0 aliphatic rings. The van der Waals surface area contributed by atoms with Gasteiger partial charge in [0.2, 0.25) is 11.1 Å². The Morgan fingerprint density at radius 1 is 1.43 bits per heavy atom. The summed E-state index contributed by atoms with van der Waals surface area (Å²) in [6.45, 7) is 1.50. The lowest BCUT2D eigenvalue weighted by molar-refractivity contribution is -0.385. The summed E-state index contributed by atoms with van der Waals surface area (Å²) in [6.07, 6.45) is 0. The first kappa shape index (κ1) is 15.5. The Balaban J connectivity index is 2.53. The first-order valence-corrected chi connectivity index (χ1v) is 6.88. The average Bonchev–Trinajstić information content (AvgIpc) is 2.37. The molecule has 0 bridgehead atoms. The van der Waals surface area contributed by atoms with Gasteiger partial charge in [-0.2, -0.15) is 4.98 Å². The minimum atomic E-state index is -0.557. The second-order valence-electron chi connectivity index (χ2n) is 4.00. The molecular formula is C12H10BrClN4O3. The van der Waals surface area contributed by atoms with Gasteiger partial charge in [0.15, 0.2) is 0 Å². The molecule has 7 nitrogen and oxygen atoms in total. The lowest BCUT2D eigenvalue weighted by Crippen LogP contribution is -2.05. The van der Waals surface area contributed by atoms with Crippen molar-refractivity contribution in [1.82, 2.24) is 9.97 Å². The smallest absolute Gasteiger partial charge is 0.332 e. The largest absolute Gasteiger partial charge is 0.495 e. The molecule has 9 heteroatoms. The summed E-state index contributed by atoms with van der Waals surface area (Å²) in [7, 11) is 1.50. The highest BCUT2D eigenvalue weighted by molar-refractivity contribution is 9.10. The number of halogens is 2. The number of aryl methyl sites for hydroxylation is 1. The van der Waals surface area contributed by atoms with Crippen LogP contribution in [-0.2, 0) is 0 Å². The molecule has 0 amide bonds. The van der Waals surface area contributed by atoms with Crippen LogP contribution >= 0.6 is 27.5 Å². The molecule has 0 saturated heterocycles. The zero-order valence-corrected chi connectivity index (χ0v) is 13.4. The van der Waals surface area contributed by atoms with E-state index in [9.17, 15) is 10.1 Å². The fourth-order valence-corrected chi connectivity index (χ4v) is 2.32. The van der Waals surface area contributed by atoms with E-state index in [2.05, 4.69) is 31.2 Å². The van der Waals surface area contributed by atoms with Crippen molar-refractivity contribution in [3.05, 3.63) is 43.8 Å². The molecule has 1 heterocycles. The quantitative estimate of drug-likeness (QED) is 0.497. The third-order valence-corrected chi connectivity index (χ3v) is 3.29. The van der Waals surface area contributed by atoms with E-state index < -0.39 is 4.92 Å². The Labute approximate surface area is 133 Å². The van der Waals surface area contributed by atoms with Crippen molar-refractivity contribution < 1.29 is 9.66 Å². The number of nitrogens with one attached hydrogen (secondary N) is 1. The Morgan fingerprint density at radius 2 is 2.14 bits per heavy atom. The molecule has 1 aromatic heterocycles. The van der Waals surface area contributed by atoms with Crippen molar-refractivity contribution in [2.24, 2.45) is 0 Å². The Bertz CT molecular complexity index is 711. The van der Waals surface area contributed by atoms with Gasteiger partial charge in [0.25, 0.3) is 0 Å². The van der Waals surface area contributed by atoms with Crippen LogP contribution in [0, 0.1) is 17.0 Å². The number of nitro groups is 1. The molecule has 110 valence electrons. The van der Waals surface area contributed by atoms with Crippen LogP contribution in [0.3, 0.4) is 0 Å². The van der Waals surface area contributed by atoms with E-state index in [1.165, 1.54) is 14.0 Å². The van der Waals surface area contributed by atoms with Crippen LogP contribution in [0.1, 0.15) is 5.69 Å². The Hall–Kier alpha value is -1.93. The van der Waals surface area contributed by atoms with Crippen LogP contribution in [0.2, 0.25) is 5.28 Å². The monoisotopic (exact) mass is 372 g/mol. The van der Waals surface area contributed by atoms with Gasteiger partial charge in [-0.15, -0.1) is 0 Å². The average molecular weight is 374 g/mol. The van der Waals surface area contributed by atoms with E-state index in [0.29, 0.717) is 11.4 Å². The highest BCUT2D eigenvalue weighted by atomic mass is 79.9. The third kappa shape index (κ3) is 3.40. The number of hydrogen-bond donors (Lipinski definition) is 1. The van der Waals surface area contributed by atoms with Crippen molar-refractivity contribution in [2.45, 2.75) is 6.92 Å². The normalized spacial score (nSPS) is 10.3. The van der Waals surface area contributed by atoms with Crippen LogP contribution in [0.25, 0.3) is 0 Å². The van der Waals surface area contributed by atoms with Gasteiger partial charge in [-0.1, -0.05) is 15.9 Å². The molecule has 2 rings (SSSR count). The molecule has 0 aliphatic carbocycles. The molecule has 0 radical (unpaired) electrons. The number of rotatable bonds is 4. The molecule has 0 aliphatic heterocycles. The number of benzene rings is 1. The predicted octanol–water partition coefficient (Wildman–Crippen LogP) is 3.86. The van der Waals surface area contributed by atoms with Crippen molar-refractivity contribution in [2.75, 3.05) is 12.4 Å². The maximum absolute atomic E-state index is 11.2. The maximum Gasteiger partial charge on any atom is 0.332 e. The van der Waals surface area contributed by atoms with Gasteiger partial charge in [-0.3, -0.25) is 10.1 Å². The molecule has 0 fully saturated rings. The number of nitrogens with zero attached hydrogens (tertiary/aromatic N) is 3. The number of ether oxygens (including phenoxy) is 1. The number of hydrogen-bond acceptors (Lipinski definition) is 6. The minimum Gasteiger partial charge on any atom is -0.495 e. The number of methoxy groups -OCH3 is 1. The van der Waals surface area contributed by atoms with E-state index in [1.54, 1.807) is 18.2 Å². The standard InChI is InChI=1S/C12H10BrClN4O3/c1-6-10(18(19)20)11(17-12(14)15-6)16-8-5-7(13)3-4-9(8)21-2/h3-5H,1-2H3,(H,15,16,17). The minimum absolute atomic E-state index is 0.00824. The summed E-state index contributed by atoms with van der Waals surface area (Å²) in [5, 5.41) is 14.0. The summed E-state index contributed by atoms with van der Waals surface area (Å²) < 4.78 is 5.99. The first-order valence-electron chi connectivity index (χ1n) is 5.71. The molecule has 0 atom stereocenters. The molecule has 1 aromatic carbocycles. The molecular weight excluding hydrogens is 364 g/mol. The molecule has 2 aromatic rings. The second kappa shape index (κ2) is 6.23. The topological polar surface area (TPSA) is 90.2 Å². The summed E-state index contributed by atoms with van der Waals surface area (Å²) in [5.41, 5.74) is 0.460. The van der Waals surface area contributed by atoms with Crippen LogP contribution in [-0.4, -0.2) is 22.0 Å². The fraction of sp³-hybridized carbons (Fsp3) is 0.167. The summed E-state index contributed by atoms with van der Waals surface area (Å²) in [4.78, 5) is 18.3. The Kier molecular flexibility index (Phi) is 4.59. The second-order valence-corrected chi connectivity index (χ2v) is 5.26. The van der Waals surface area contributed by atoms with Crippen molar-refractivity contribution in [3.63, 3.8) is 0 Å². The van der Waals surface area contributed by atoms with Gasteiger partial charge in [0, 0.05) is 4.47 Å². The van der Waals surface area contributed by atoms with Gasteiger partial charge in [-0.05, 0) is 36.7 Å². The van der Waals surface area contributed by atoms with Crippen LogP contribution in [0.4, 0.5) is 17.2 Å². The van der Waals surface area contributed by atoms with E-state index in [4.69, 9.17) is 16.3 Å². The van der Waals surface area contributed by atoms with Crippen LogP contribution in [0.15, 0.2) is 22.7 Å². The predicted molar refractivity (Wildman–Crippen MR) is 82.4 cm³/mol. The van der Waals surface area contributed by atoms with Gasteiger partial charge in [-0.25, -0.2) is 4.98 Å². The number of aromatic nitrogens is 2. The first-order chi connectivity index (χ1) is 9.92. The van der Waals surface area contributed by atoms with Crippen molar-refractivity contribution in [3.8, 4) is 5.75 Å². The summed E-state index contributed by atoms with van der Waals surface area (Å²) >= 11 is 9.10. The SMILES string of the molecule is COc1ccc(Br)cc1Nc1nc(Cl)nc(C)c1[N+](=O)[O-]. The highest BCUT2D eigenvalue weighted by Crippen LogP contribution is 2.34. The molecule has 1 N–H and O–H groups in total. The summed E-state index contributed by atoms with van der Waals surface area (Å²) in [5.74, 6) is 0.522. The van der Waals surface area contributed by atoms with E-state index in [0.717, 1.165) is 4.47 Å². The maximum atomic E-state index is 11.2. The van der Waals surface area contributed by atoms with Gasteiger partial charge in [0.1, 0.15) is 11.4 Å². The fourth-order valence-electron chi connectivity index (χ4n) is 1.74. The molecule has 0 unspecified atom stereocenters. The third-order valence-electron chi connectivity index (χ3n) is 2.63. The van der Waals surface area contributed by atoms with E-state index >= 15 is 0 Å². The van der Waals surface area contributed by atoms with Gasteiger partial charge >= 0.3 is 5.69 Å². The summed E-state index contributed by atoms with van der Waals surface area (Å²) in [6, 6.07) is 5.22. The van der Waals surface area contributed by atoms with Gasteiger partial charge < -0.3 is 10.1 Å². The van der Waals surface area contributed by atoms with E-state index in [-0.39, 0.29) is 22.5 Å². The van der Waals surface area contributed by atoms with Gasteiger partial charge in [0.05, 0.1) is 17.7 Å². The molecule has 21 heavy (non-hydrogen) atoms. The lowest BCUT2D eigenvalue weighted by atomic mass is 10.2. The molecule has 0 spiro atoms. The lowest BCUT2D eigenvalue weighted by Gasteiger charge is -2.11. The highest BCUT2D eigenvalue weighted by Gasteiger charge is 2.22. The number of anilines is 2. The van der Waals surface area contributed by atoms with Crippen LogP contribution in [0.5, 0.6) is 5.75 Å².